The molecule has 2 aromatic heterocycles. The summed E-state index contributed by atoms with van der Waals surface area (Å²) in [6, 6.07) is 7.97. The molecule has 0 bridgehead atoms. The van der Waals surface area contributed by atoms with Crippen LogP contribution in [-0.2, 0) is 17.6 Å². The topological polar surface area (TPSA) is 64.0 Å². The number of nitrogens with one attached hydrogen (secondary N) is 1. The van der Waals surface area contributed by atoms with Crippen molar-refractivity contribution >= 4 is 39.2 Å². The van der Waals surface area contributed by atoms with E-state index in [0.29, 0.717) is 17.5 Å². The summed E-state index contributed by atoms with van der Waals surface area (Å²) in [6.45, 7) is 4.08. The molecule has 0 saturated heterocycles. The molecule has 1 aromatic carbocycles. The molecule has 5 nitrogen and oxygen atoms in total. The van der Waals surface area contributed by atoms with Gasteiger partial charge < -0.3 is 5.32 Å². The Hall–Kier alpha value is -2.12. The first-order valence-electron chi connectivity index (χ1n) is 9.56. The van der Waals surface area contributed by atoms with Crippen LogP contribution in [0.25, 0.3) is 15.9 Å². The second kappa shape index (κ2) is 8.09. The zero-order chi connectivity index (χ0) is 19.7. The number of amides is 1. The molecule has 7 heteroatoms. The van der Waals surface area contributed by atoms with Crippen molar-refractivity contribution in [3.8, 4) is 5.69 Å². The number of aromatic nitrogens is 2. The lowest BCUT2D eigenvalue weighted by Crippen LogP contribution is -2.24. The second-order valence-electron chi connectivity index (χ2n) is 7.10. The number of fused-ring (bicyclic) bond motifs is 3. The Morgan fingerprint density at radius 1 is 1.32 bits per heavy atom. The van der Waals surface area contributed by atoms with Crippen molar-refractivity contribution in [2.75, 3.05) is 12.3 Å². The van der Waals surface area contributed by atoms with Crippen molar-refractivity contribution in [1.29, 1.82) is 0 Å². The summed E-state index contributed by atoms with van der Waals surface area (Å²) in [7, 11) is 0. The molecule has 2 heterocycles. The molecule has 0 aliphatic heterocycles. The molecule has 1 aliphatic carbocycles. The van der Waals surface area contributed by atoms with E-state index in [1.807, 2.05) is 31.2 Å². The Morgan fingerprint density at radius 2 is 2.14 bits per heavy atom. The number of thioether (sulfide) groups is 1. The molecule has 0 radical (unpaired) electrons. The summed E-state index contributed by atoms with van der Waals surface area (Å²) in [4.78, 5) is 31.8. The molecule has 0 saturated carbocycles. The lowest BCUT2D eigenvalue weighted by Gasteiger charge is -2.14. The molecule has 1 N–H and O–H groups in total. The van der Waals surface area contributed by atoms with Crippen molar-refractivity contribution in [2.45, 2.75) is 44.7 Å². The van der Waals surface area contributed by atoms with E-state index in [1.165, 1.54) is 35.5 Å². The van der Waals surface area contributed by atoms with Crippen LogP contribution < -0.4 is 10.9 Å². The third kappa shape index (κ3) is 3.73. The molecule has 0 spiro atoms. The van der Waals surface area contributed by atoms with Gasteiger partial charge in [-0.2, -0.15) is 0 Å². The number of carbonyl (C=O) groups is 1. The zero-order valence-electron chi connectivity index (χ0n) is 16.1. The van der Waals surface area contributed by atoms with Gasteiger partial charge >= 0.3 is 0 Å². The van der Waals surface area contributed by atoms with E-state index in [9.17, 15) is 9.59 Å². The number of nitrogens with zero attached hydrogens (tertiary/aromatic N) is 2. The van der Waals surface area contributed by atoms with Crippen LogP contribution >= 0.6 is 23.1 Å². The van der Waals surface area contributed by atoms with E-state index in [4.69, 9.17) is 4.98 Å². The molecule has 0 unspecified atom stereocenters. The number of hydrogen-bond donors (Lipinski definition) is 1. The van der Waals surface area contributed by atoms with Crippen molar-refractivity contribution in [3.05, 3.63) is 50.6 Å². The highest BCUT2D eigenvalue weighted by Crippen LogP contribution is 2.35. The van der Waals surface area contributed by atoms with Crippen LogP contribution in [0.2, 0.25) is 0 Å². The van der Waals surface area contributed by atoms with Gasteiger partial charge in [-0.1, -0.05) is 23.9 Å². The van der Waals surface area contributed by atoms with Crippen LogP contribution in [0.15, 0.2) is 34.2 Å². The Morgan fingerprint density at radius 3 is 2.93 bits per heavy atom. The average molecular weight is 414 g/mol. The minimum Gasteiger partial charge on any atom is -0.356 e. The first-order valence-corrected chi connectivity index (χ1v) is 11.4. The highest BCUT2D eigenvalue weighted by atomic mass is 32.2. The molecule has 0 fully saturated rings. The summed E-state index contributed by atoms with van der Waals surface area (Å²) in [5.74, 6) is 0.611. The molecule has 1 aliphatic rings. The van der Waals surface area contributed by atoms with Gasteiger partial charge in [-0.05, 0) is 55.9 Å². The molecule has 28 heavy (non-hydrogen) atoms. The molecule has 0 atom stereocenters. The second-order valence-corrected chi connectivity index (χ2v) is 9.24. The van der Waals surface area contributed by atoms with Crippen molar-refractivity contribution in [1.82, 2.24) is 14.9 Å². The Bertz CT molecular complexity index is 1100. The Kier molecular flexibility index (Phi) is 5.55. The van der Waals surface area contributed by atoms with Crippen molar-refractivity contribution in [2.24, 2.45) is 0 Å². The minimum atomic E-state index is -0.0500. The fourth-order valence-corrected chi connectivity index (χ4v) is 5.82. The fourth-order valence-electron chi connectivity index (χ4n) is 3.65. The predicted molar refractivity (Wildman–Crippen MR) is 116 cm³/mol. The lowest BCUT2D eigenvalue weighted by molar-refractivity contribution is -0.118. The van der Waals surface area contributed by atoms with Crippen molar-refractivity contribution in [3.63, 3.8) is 0 Å². The van der Waals surface area contributed by atoms with E-state index in [1.54, 1.807) is 15.9 Å². The van der Waals surface area contributed by atoms with Gasteiger partial charge in [0.2, 0.25) is 5.91 Å². The quantitative estimate of drug-likeness (QED) is 0.392. The largest absolute Gasteiger partial charge is 0.356 e. The number of hydrogen-bond acceptors (Lipinski definition) is 5. The molecule has 1 amide bonds. The molecule has 4 rings (SSSR count). The molecular formula is C21H23N3O2S2. The molecular weight excluding hydrogens is 390 g/mol. The highest BCUT2D eigenvalue weighted by molar-refractivity contribution is 7.99. The van der Waals surface area contributed by atoms with Gasteiger partial charge in [0, 0.05) is 24.1 Å². The van der Waals surface area contributed by atoms with Crippen LogP contribution in [-0.4, -0.2) is 27.8 Å². The van der Waals surface area contributed by atoms with Crippen LogP contribution in [0, 0.1) is 6.92 Å². The first-order chi connectivity index (χ1) is 13.5. The summed E-state index contributed by atoms with van der Waals surface area (Å²) in [5.41, 5.74) is 3.18. The maximum absolute atomic E-state index is 13.6. The van der Waals surface area contributed by atoms with Crippen LogP contribution in [0.4, 0.5) is 0 Å². The lowest BCUT2D eigenvalue weighted by atomic mass is 9.97. The average Bonchev–Trinajstić information content (AvgIpc) is 3.03. The predicted octanol–water partition coefficient (Wildman–Crippen LogP) is 3.86. The summed E-state index contributed by atoms with van der Waals surface area (Å²) in [6.07, 6.45) is 4.33. The van der Waals surface area contributed by atoms with Crippen LogP contribution in [0.1, 0.15) is 35.8 Å². The maximum atomic E-state index is 13.6. The van der Waals surface area contributed by atoms with Gasteiger partial charge in [-0.25, -0.2) is 4.98 Å². The maximum Gasteiger partial charge on any atom is 0.267 e. The number of rotatable bonds is 5. The van der Waals surface area contributed by atoms with E-state index in [0.717, 1.165) is 40.7 Å². The summed E-state index contributed by atoms with van der Waals surface area (Å²) >= 11 is 3.18. The minimum absolute atomic E-state index is 0.0250. The Labute approximate surface area is 172 Å². The van der Waals surface area contributed by atoms with E-state index >= 15 is 0 Å². The normalized spacial score (nSPS) is 13.5. The third-order valence-electron chi connectivity index (χ3n) is 4.93. The van der Waals surface area contributed by atoms with Gasteiger partial charge in [0.05, 0.1) is 11.1 Å². The van der Waals surface area contributed by atoms with Gasteiger partial charge in [0.15, 0.2) is 5.16 Å². The van der Waals surface area contributed by atoms with E-state index < -0.39 is 0 Å². The monoisotopic (exact) mass is 413 g/mol. The standard InChI is InChI=1S/C21H23N3O2S2/c1-13-6-5-7-15(12-13)24-20(26)18-16-8-3-4-9-17(16)28-19(18)23-21(24)27-11-10-22-14(2)25/h5-7,12H,3-4,8-11H2,1-2H3,(H,22,25). The van der Waals surface area contributed by atoms with Gasteiger partial charge in [0.25, 0.3) is 5.56 Å². The molecule has 3 aromatic rings. The van der Waals surface area contributed by atoms with Crippen molar-refractivity contribution < 1.29 is 4.79 Å². The van der Waals surface area contributed by atoms with Crippen LogP contribution in [0.3, 0.4) is 0 Å². The van der Waals surface area contributed by atoms with E-state index in [2.05, 4.69) is 5.32 Å². The number of aryl methyl sites for hydroxylation is 3. The molecule has 146 valence electrons. The van der Waals surface area contributed by atoms with Gasteiger partial charge in [-0.3, -0.25) is 14.2 Å². The number of benzene rings is 1. The van der Waals surface area contributed by atoms with Gasteiger partial charge in [0.1, 0.15) is 4.83 Å². The van der Waals surface area contributed by atoms with Gasteiger partial charge in [-0.15, -0.1) is 11.3 Å². The van der Waals surface area contributed by atoms with E-state index in [-0.39, 0.29) is 11.5 Å². The fraction of sp³-hybridized carbons (Fsp3) is 0.381. The smallest absolute Gasteiger partial charge is 0.267 e. The first kappa shape index (κ1) is 19.2. The third-order valence-corrected chi connectivity index (χ3v) is 7.05. The summed E-state index contributed by atoms with van der Waals surface area (Å²) < 4.78 is 1.75. The highest BCUT2D eigenvalue weighted by Gasteiger charge is 2.22. The summed E-state index contributed by atoms with van der Waals surface area (Å²) in [5, 5.41) is 4.29. The number of carbonyl (C=O) groups excluding carboxylic acids is 1. The Balaban J connectivity index is 1.84. The van der Waals surface area contributed by atoms with Crippen LogP contribution in [0.5, 0.6) is 0 Å². The number of thiophene rings is 1. The SMILES string of the molecule is CC(=O)NCCSc1nc2sc3c(c2c(=O)n1-c1cccc(C)c1)CCCC3. The zero-order valence-corrected chi connectivity index (χ0v) is 17.7.